The van der Waals surface area contributed by atoms with Gasteiger partial charge in [-0.05, 0) is 61.8 Å². The standard InChI is InChI=1S/C26H29N3O5S/c1-3-20(15-19-5-4-6-21(16-19)29(33)34)24(31)28-14-11-26(17-28)9-12-27(13-10-26)25(32)23-8-7-22(35-23)18(2)30/h4-8,15-16H,3,9-14,17H2,1-2H3/b20-15-. The first-order chi connectivity index (χ1) is 16.7. The number of nitro groups is 1. The Labute approximate surface area is 208 Å². The van der Waals surface area contributed by atoms with Gasteiger partial charge in [0.25, 0.3) is 11.6 Å². The van der Waals surface area contributed by atoms with Crippen LogP contribution in [-0.4, -0.2) is 58.5 Å². The van der Waals surface area contributed by atoms with E-state index in [1.54, 1.807) is 30.3 Å². The Morgan fingerprint density at radius 3 is 2.31 bits per heavy atom. The van der Waals surface area contributed by atoms with Gasteiger partial charge in [0.2, 0.25) is 5.91 Å². The van der Waals surface area contributed by atoms with Crippen LogP contribution >= 0.6 is 11.3 Å². The van der Waals surface area contributed by atoms with Crippen LogP contribution < -0.4 is 0 Å². The summed E-state index contributed by atoms with van der Waals surface area (Å²) in [6.45, 7) is 6.02. The van der Waals surface area contributed by atoms with E-state index in [1.807, 2.05) is 16.7 Å². The minimum Gasteiger partial charge on any atom is -0.338 e. The number of non-ortho nitro benzene ring substituents is 1. The van der Waals surface area contributed by atoms with Crippen molar-refractivity contribution in [3.8, 4) is 0 Å². The topological polar surface area (TPSA) is 101 Å². The summed E-state index contributed by atoms with van der Waals surface area (Å²) in [5.41, 5.74) is 1.29. The zero-order valence-electron chi connectivity index (χ0n) is 20.0. The molecule has 35 heavy (non-hydrogen) atoms. The van der Waals surface area contributed by atoms with Crippen molar-refractivity contribution in [3.05, 3.63) is 67.4 Å². The second-order valence-corrected chi connectivity index (χ2v) is 10.4. The van der Waals surface area contributed by atoms with Gasteiger partial charge in [-0.15, -0.1) is 11.3 Å². The number of benzene rings is 1. The van der Waals surface area contributed by atoms with Crippen molar-refractivity contribution < 1.29 is 19.3 Å². The number of amides is 2. The molecule has 2 aromatic rings. The van der Waals surface area contributed by atoms with Gasteiger partial charge >= 0.3 is 0 Å². The molecule has 0 saturated carbocycles. The third-order valence-electron chi connectivity index (χ3n) is 7.08. The molecule has 8 nitrogen and oxygen atoms in total. The fraction of sp³-hybridized carbons (Fsp3) is 0.423. The predicted octanol–water partition coefficient (Wildman–Crippen LogP) is 4.81. The van der Waals surface area contributed by atoms with E-state index in [1.165, 1.54) is 30.4 Å². The highest BCUT2D eigenvalue weighted by Gasteiger charge is 2.43. The van der Waals surface area contributed by atoms with Gasteiger partial charge < -0.3 is 9.80 Å². The minimum atomic E-state index is -0.438. The molecule has 1 spiro atoms. The summed E-state index contributed by atoms with van der Waals surface area (Å²) in [4.78, 5) is 53.3. The summed E-state index contributed by atoms with van der Waals surface area (Å²) in [6, 6.07) is 9.74. The molecule has 0 unspecified atom stereocenters. The molecule has 2 aliphatic heterocycles. The molecule has 2 fully saturated rings. The predicted molar refractivity (Wildman–Crippen MR) is 134 cm³/mol. The summed E-state index contributed by atoms with van der Waals surface area (Å²) in [5.74, 6) is -0.0884. The zero-order chi connectivity index (χ0) is 25.2. The number of likely N-dealkylation sites (tertiary alicyclic amines) is 2. The van der Waals surface area contributed by atoms with Gasteiger partial charge in [-0.25, -0.2) is 0 Å². The van der Waals surface area contributed by atoms with Gasteiger partial charge in [0.05, 0.1) is 14.7 Å². The summed E-state index contributed by atoms with van der Waals surface area (Å²) >= 11 is 1.24. The van der Waals surface area contributed by atoms with Crippen LogP contribution in [0.25, 0.3) is 6.08 Å². The van der Waals surface area contributed by atoms with Crippen molar-refractivity contribution in [2.45, 2.75) is 39.5 Å². The quantitative estimate of drug-likeness (QED) is 0.248. The van der Waals surface area contributed by atoms with Crippen LogP contribution in [-0.2, 0) is 4.79 Å². The van der Waals surface area contributed by atoms with E-state index in [2.05, 4.69) is 0 Å². The molecule has 0 N–H and O–H groups in total. The van der Waals surface area contributed by atoms with Crippen molar-refractivity contribution in [2.75, 3.05) is 26.2 Å². The lowest BCUT2D eigenvalue weighted by Gasteiger charge is -2.39. The van der Waals surface area contributed by atoms with Crippen LogP contribution in [0.2, 0.25) is 0 Å². The molecule has 0 aliphatic carbocycles. The molecule has 0 atom stereocenters. The lowest BCUT2D eigenvalue weighted by atomic mass is 9.77. The molecule has 1 aromatic carbocycles. The lowest BCUT2D eigenvalue weighted by molar-refractivity contribution is -0.384. The molecular formula is C26H29N3O5S. The van der Waals surface area contributed by atoms with Crippen molar-refractivity contribution >= 4 is 40.7 Å². The van der Waals surface area contributed by atoms with Gasteiger partial charge in [0.1, 0.15) is 0 Å². The lowest BCUT2D eigenvalue weighted by Crippen LogP contribution is -2.44. The maximum atomic E-state index is 13.3. The molecule has 4 rings (SSSR count). The van der Waals surface area contributed by atoms with E-state index in [-0.39, 0.29) is 28.7 Å². The van der Waals surface area contributed by atoms with Gasteiger partial charge in [-0.3, -0.25) is 24.5 Å². The first-order valence-corrected chi connectivity index (χ1v) is 12.7. The van der Waals surface area contributed by atoms with Crippen molar-refractivity contribution in [3.63, 3.8) is 0 Å². The minimum absolute atomic E-state index is 0.00292. The SMILES string of the molecule is CC/C(=C/c1cccc([N+](=O)[O-])c1)C(=O)N1CCC2(CCN(C(=O)c3ccc(C(C)=O)s3)CC2)C1. The summed E-state index contributed by atoms with van der Waals surface area (Å²) < 4.78 is 0. The van der Waals surface area contributed by atoms with Crippen LogP contribution in [0.1, 0.15) is 64.4 Å². The first-order valence-electron chi connectivity index (χ1n) is 11.9. The van der Waals surface area contributed by atoms with E-state index < -0.39 is 4.92 Å². The Morgan fingerprint density at radius 2 is 1.71 bits per heavy atom. The molecule has 3 heterocycles. The first kappa shape index (κ1) is 24.8. The number of hydrogen-bond donors (Lipinski definition) is 0. The number of nitrogens with zero attached hydrogens (tertiary/aromatic N) is 3. The number of hydrogen-bond acceptors (Lipinski definition) is 6. The molecule has 2 saturated heterocycles. The van der Waals surface area contributed by atoms with E-state index >= 15 is 0 Å². The number of ketones is 1. The molecule has 0 radical (unpaired) electrons. The molecule has 2 aliphatic rings. The summed E-state index contributed by atoms with van der Waals surface area (Å²) in [5, 5.41) is 11.1. The highest BCUT2D eigenvalue weighted by molar-refractivity contribution is 7.15. The maximum Gasteiger partial charge on any atom is 0.270 e. The largest absolute Gasteiger partial charge is 0.338 e. The highest BCUT2D eigenvalue weighted by Crippen LogP contribution is 2.41. The summed E-state index contributed by atoms with van der Waals surface area (Å²) in [7, 11) is 0. The van der Waals surface area contributed by atoms with E-state index in [0.29, 0.717) is 53.5 Å². The monoisotopic (exact) mass is 495 g/mol. The second kappa shape index (κ2) is 10.1. The highest BCUT2D eigenvalue weighted by atomic mass is 32.1. The van der Waals surface area contributed by atoms with Gasteiger partial charge in [-0.2, -0.15) is 0 Å². The van der Waals surface area contributed by atoms with Crippen molar-refractivity contribution in [1.82, 2.24) is 9.80 Å². The number of carbonyl (C=O) groups excluding carboxylic acids is 3. The average Bonchev–Trinajstić information content (AvgIpc) is 3.51. The molecule has 9 heteroatoms. The number of carbonyl (C=O) groups is 3. The smallest absolute Gasteiger partial charge is 0.270 e. The second-order valence-electron chi connectivity index (χ2n) is 9.36. The van der Waals surface area contributed by atoms with Crippen LogP contribution in [0.15, 0.2) is 42.0 Å². The Kier molecular flexibility index (Phi) is 7.16. The molecule has 184 valence electrons. The van der Waals surface area contributed by atoms with Crippen molar-refractivity contribution in [2.24, 2.45) is 5.41 Å². The van der Waals surface area contributed by atoms with E-state index in [9.17, 15) is 24.5 Å². The van der Waals surface area contributed by atoms with Crippen LogP contribution in [0.5, 0.6) is 0 Å². The fourth-order valence-electron chi connectivity index (χ4n) is 4.95. The Bertz CT molecular complexity index is 1190. The Hall–Kier alpha value is -3.33. The van der Waals surface area contributed by atoms with Gasteiger partial charge in [-0.1, -0.05) is 19.1 Å². The number of piperidine rings is 1. The van der Waals surface area contributed by atoms with Crippen molar-refractivity contribution in [1.29, 1.82) is 0 Å². The van der Waals surface area contributed by atoms with E-state index in [4.69, 9.17) is 0 Å². The molecule has 0 bridgehead atoms. The van der Waals surface area contributed by atoms with E-state index in [0.717, 1.165) is 19.3 Å². The number of rotatable bonds is 6. The van der Waals surface area contributed by atoms with Gasteiger partial charge in [0.15, 0.2) is 5.78 Å². The third kappa shape index (κ3) is 5.35. The maximum absolute atomic E-state index is 13.3. The normalized spacial score (nSPS) is 17.6. The third-order valence-corrected chi connectivity index (χ3v) is 8.25. The van der Waals surface area contributed by atoms with Gasteiger partial charge in [0, 0.05) is 43.9 Å². The Morgan fingerprint density at radius 1 is 1.06 bits per heavy atom. The van der Waals surface area contributed by atoms with Crippen LogP contribution in [0.3, 0.4) is 0 Å². The molecule has 1 aromatic heterocycles. The number of thiophene rings is 1. The average molecular weight is 496 g/mol. The van der Waals surface area contributed by atoms with Crippen LogP contribution in [0, 0.1) is 15.5 Å². The number of nitro benzene ring substituents is 1. The number of Topliss-reactive ketones (excluding diaryl/α,β-unsaturated/α-hetero) is 1. The Balaban J connectivity index is 1.39. The fourth-order valence-corrected chi connectivity index (χ4v) is 5.82. The molecular weight excluding hydrogens is 466 g/mol. The molecule has 2 amide bonds. The van der Waals surface area contributed by atoms with Crippen LogP contribution in [0.4, 0.5) is 5.69 Å². The summed E-state index contributed by atoms with van der Waals surface area (Å²) in [6.07, 6.45) is 4.86. The zero-order valence-corrected chi connectivity index (χ0v) is 20.8.